The Kier molecular flexibility index (Phi) is 5.78. The molecule has 0 heterocycles. The van der Waals surface area contributed by atoms with Crippen molar-refractivity contribution in [3.05, 3.63) is 0 Å². The SMILES string of the molecule is CC(C)CCC[C@@H](C)[C@H]1CC[C@@H]2[C@H]3CC[C@H]4CC(=O)CC[C@]4(C)[C@@H]3CC[C@@]21C. The monoisotopic (exact) mass is 386 g/mol. The Balaban J connectivity index is 1.47. The number of carbonyl (C=O) groups excluding carboxylic acids is 1. The van der Waals surface area contributed by atoms with Gasteiger partial charge in [-0.05, 0) is 97.2 Å². The van der Waals surface area contributed by atoms with Crippen LogP contribution in [0.3, 0.4) is 0 Å². The highest BCUT2D eigenvalue weighted by atomic mass is 16.1. The topological polar surface area (TPSA) is 17.1 Å². The second-order valence-electron chi connectivity index (χ2n) is 12.4. The zero-order chi connectivity index (χ0) is 20.1. The number of carbonyl (C=O) groups is 1. The molecule has 0 saturated heterocycles. The van der Waals surface area contributed by atoms with Crippen LogP contribution in [-0.2, 0) is 4.79 Å². The van der Waals surface area contributed by atoms with Crippen LogP contribution < -0.4 is 0 Å². The first-order chi connectivity index (χ1) is 13.3. The minimum atomic E-state index is 0.471. The van der Waals surface area contributed by atoms with E-state index in [4.69, 9.17) is 0 Å². The Morgan fingerprint density at radius 2 is 1.64 bits per heavy atom. The Hall–Kier alpha value is -0.330. The molecule has 0 amide bonds. The fourth-order valence-electron chi connectivity index (χ4n) is 9.07. The van der Waals surface area contributed by atoms with E-state index in [0.29, 0.717) is 22.5 Å². The maximum atomic E-state index is 12.1. The van der Waals surface area contributed by atoms with E-state index in [1.165, 1.54) is 64.2 Å². The first-order valence-electron chi connectivity index (χ1n) is 12.8. The summed E-state index contributed by atoms with van der Waals surface area (Å²) in [6, 6.07) is 0. The number of ketones is 1. The number of rotatable bonds is 5. The molecule has 0 spiro atoms. The zero-order valence-electron chi connectivity index (χ0n) is 19.4. The van der Waals surface area contributed by atoms with Gasteiger partial charge in [0, 0.05) is 12.8 Å². The molecular formula is C27H46O. The van der Waals surface area contributed by atoms with Crippen LogP contribution >= 0.6 is 0 Å². The van der Waals surface area contributed by atoms with E-state index < -0.39 is 0 Å². The molecule has 0 aliphatic heterocycles. The van der Waals surface area contributed by atoms with Crippen molar-refractivity contribution in [3.8, 4) is 0 Å². The molecule has 4 aliphatic rings. The predicted octanol–water partition coefficient (Wildman–Crippen LogP) is 7.68. The molecule has 28 heavy (non-hydrogen) atoms. The average molecular weight is 387 g/mol. The van der Waals surface area contributed by atoms with E-state index in [1.54, 1.807) is 0 Å². The fraction of sp³-hybridized carbons (Fsp3) is 0.963. The van der Waals surface area contributed by atoms with E-state index in [1.807, 2.05) is 0 Å². The van der Waals surface area contributed by atoms with Gasteiger partial charge in [0.25, 0.3) is 0 Å². The van der Waals surface area contributed by atoms with Crippen LogP contribution in [-0.4, -0.2) is 5.78 Å². The summed E-state index contributed by atoms with van der Waals surface area (Å²) >= 11 is 0. The Morgan fingerprint density at radius 3 is 2.39 bits per heavy atom. The van der Waals surface area contributed by atoms with Crippen molar-refractivity contribution in [2.45, 2.75) is 112 Å². The second-order valence-corrected chi connectivity index (χ2v) is 12.4. The Morgan fingerprint density at radius 1 is 0.893 bits per heavy atom. The normalized spacial score (nSPS) is 46.8. The fourth-order valence-corrected chi connectivity index (χ4v) is 9.07. The third-order valence-electron chi connectivity index (χ3n) is 10.7. The van der Waals surface area contributed by atoms with E-state index in [9.17, 15) is 4.79 Å². The lowest BCUT2D eigenvalue weighted by atomic mass is 9.44. The summed E-state index contributed by atoms with van der Waals surface area (Å²) < 4.78 is 0. The molecule has 0 aromatic heterocycles. The highest BCUT2D eigenvalue weighted by molar-refractivity contribution is 5.79. The molecule has 4 saturated carbocycles. The molecule has 1 heteroatoms. The van der Waals surface area contributed by atoms with Crippen LogP contribution in [0.2, 0.25) is 0 Å². The highest BCUT2D eigenvalue weighted by Crippen LogP contribution is 2.68. The first kappa shape index (κ1) is 20.9. The molecule has 0 aromatic carbocycles. The van der Waals surface area contributed by atoms with Crippen molar-refractivity contribution >= 4 is 5.78 Å². The number of fused-ring (bicyclic) bond motifs is 5. The largest absolute Gasteiger partial charge is 0.300 e. The average Bonchev–Trinajstić information content (AvgIpc) is 2.99. The highest BCUT2D eigenvalue weighted by Gasteiger charge is 2.60. The van der Waals surface area contributed by atoms with Gasteiger partial charge in [-0.15, -0.1) is 0 Å². The van der Waals surface area contributed by atoms with Crippen LogP contribution in [0.4, 0.5) is 0 Å². The van der Waals surface area contributed by atoms with Gasteiger partial charge in [-0.1, -0.05) is 53.9 Å². The van der Waals surface area contributed by atoms with E-state index in [2.05, 4.69) is 34.6 Å². The summed E-state index contributed by atoms with van der Waals surface area (Å²) in [6.07, 6.45) is 15.9. The van der Waals surface area contributed by atoms with Crippen LogP contribution in [0.1, 0.15) is 112 Å². The van der Waals surface area contributed by atoms with Crippen LogP contribution in [0.25, 0.3) is 0 Å². The van der Waals surface area contributed by atoms with E-state index in [-0.39, 0.29) is 0 Å². The van der Waals surface area contributed by atoms with Gasteiger partial charge in [0.1, 0.15) is 5.78 Å². The molecule has 4 rings (SSSR count). The third kappa shape index (κ3) is 3.41. The molecule has 4 fully saturated rings. The van der Waals surface area contributed by atoms with Crippen molar-refractivity contribution in [2.24, 2.45) is 52.3 Å². The van der Waals surface area contributed by atoms with E-state index in [0.717, 1.165) is 48.3 Å². The summed E-state index contributed by atoms with van der Waals surface area (Å²) in [5.41, 5.74) is 1.07. The van der Waals surface area contributed by atoms with E-state index >= 15 is 0 Å². The minimum Gasteiger partial charge on any atom is -0.300 e. The van der Waals surface area contributed by atoms with Gasteiger partial charge >= 0.3 is 0 Å². The maximum absolute atomic E-state index is 12.1. The third-order valence-corrected chi connectivity index (χ3v) is 10.7. The number of hydrogen-bond acceptors (Lipinski definition) is 1. The molecule has 0 aromatic rings. The summed E-state index contributed by atoms with van der Waals surface area (Å²) in [6.45, 7) is 12.6. The summed E-state index contributed by atoms with van der Waals surface area (Å²) in [7, 11) is 0. The van der Waals surface area contributed by atoms with Gasteiger partial charge in [0.2, 0.25) is 0 Å². The lowest BCUT2D eigenvalue weighted by Gasteiger charge is -2.60. The van der Waals surface area contributed by atoms with Crippen molar-refractivity contribution < 1.29 is 4.79 Å². The lowest BCUT2D eigenvalue weighted by Crippen LogP contribution is -2.53. The Bertz CT molecular complexity index is 579. The van der Waals surface area contributed by atoms with Gasteiger partial charge in [-0.2, -0.15) is 0 Å². The molecule has 0 bridgehead atoms. The molecule has 0 radical (unpaired) electrons. The molecule has 8 atom stereocenters. The quantitative estimate of drug-likeness (QED) is 0.473. The van der Waals surface area contributed by atoms with Gasteiger partial charge in [-0.25, -0.2) is 0 Å². The van der Waals surface area contributed by atoms with Crippen molar-refractivity contribution in [3.63, 3.8) is 0 Å². The summed E-state index contributed by atoms with van der Waals surface area (Å²) in [5.74, 6) is 6.82. The van der Waals surface area contributed by atoms with Gasteiger partial charge in [-0.3, -0.25) is 4.79 Å². The molecule has 160 valence electrons. The predicted molar refractivity (Wildman–Crippen MR) is 118 cm³/mol. The van der Waals surface area contributed by atoms with Gasteiger partial charge in [0.05, 0.1) is 0 Å². The smallest absolute Gasteiger partial charge is 0.133 e. The van der Waals surface area contributed by atoms with Crippen LogP contribution in [0, 0.1) is 52.3 Å². The zero-order valence-corrected chi connectivity index (χ0v) is 19.4. The van der Waals surface area contributed by atoms with Crippen molar-refractivity contribution in [1.29, 1.82) is 0 Å². The van der Waals surface area contributed by atoms with Crippen molar-refractivity contribution in [2.75, 3.05) is 0 Å². The summed E-state index contributed by atoms with van der Waals surface area (Å²) in [4.78, 5) is 12.1. The van der Waals surface area contributed by atoms with Gasteiger partial charge < -0.3 is 0 Å². The molecular weight excluding hydrogens is 340 g/mol. The van der Waals surface area contributed by atoms with Crippen LogP contribution in [0.15, 0.2) is 0 Å². The molecule has 0 N–H and O–H groups in total. The maximum Gasteiger partial charge on any atom is 0.133 e. The lowest BCUT2D eigenvalue weighted by molar-refractivity contribution is -0.140. The summed E-state index contributed by atoms with van der Waals surface area (Å²) in [5, 5.41) is 0. The van der Waals surface area contributed by atoms with Gasteiger partial charge in [0.15, 0.2) is 0 Å². The number of Topliss-reactive ketones (excluding diaryl/α,β-unsaturated/α-hetero) is 1. The molecule has 4 aliphatic carbocycles. The minimum absolute atomic E-state index is 0.471. The van der Waals surface area contributed by atoms with Crippen molar-refractivity contribution in [1.82, 2.24) is 0 Å². The second kappa shape index (κ2) is 7.73. The Labute approximate surface area is 174 Å². The molecule has 1 nitrogen and oxygen atoms in total. The molecule has 0 unspecified atom stereocenters. The number of hydrogen-bond donors (Lipinski definition) is 0. The first-order valence-corrected chi connectivity index (χ1v) is 12.8. The standard InChI is InChI=1S/C27H46O/c1-18(2)7-6-8-19(3)23-11-12-24-22-10-9-20-17-21(28)13-15-26(20,4)25(22)14-16-27(23,24)5/h18-20,22-25H,6-17H2,1-5H3/t19-,20+,22-,23-,24-,25-,26+,27-/m1/s1. The van der Waals surface area contributed by atoms with Crippen LogP contribution in [0.5, 0.6) is 0 Å².